The predicted molar refractivity (Wildman–Crippen MR) is 106 cm³/mol. The van der Waals surface area contributed by atoms with E-state index < -0.39 is 5.97 Å². The summed E-state index contributed by atoms with van der Waals surface area (Å²) < 4.78 is 5.74. The average Bonchev–Trinajstić information content (AvgIpc) is 2.68. The lowest BCUT2D eigenvalue weighted by molar-refractivity contribution is -0.138. The fourth-order valence-corrected chi connectivity index (χ4v) is 3.53. The number of carbonyl (C=O) groups is 2. The van der Waals surface area contributed by atoms with E-state index in [2.05, 4.69) is 12.1 Å². The second-order valence-electron chi connectivity index (χ2n) is 7.15. The minimum absolute atomic E-state index is 0.000666. The monoisotopic (exact) mass is 382 g/mol. The van der Waals surface area contributed by atoms with Crippen molar-refractivity contribution in [1.82, 2.24) is 9.80 Å². The second kappa shape index (κ2) is 9.48. The van der Waals surface area contributed by atoms with E-state index in [1.165, 1.54) is 0 Å². The Morgan fingerprint density at radius 2 is 1.86 bits per heavy atom. The number of carboxylic acid groups (broad SMARTS) is 1. The average molecular weight is 382 g/mol. The fraction of sp³-hybridized carbons (Fsp3) is 0.364. The molecular formula is C22H26N2O4. The van der Waals surface area contributed by atoms with E-state index >= 15 is 0 Å². The lowest BCUT2D eigenvalue weighted by Gasteiger charge is -2.35. The van der Waals surface area contributed by atoms with Crippen LogP contribution in [-0.4, -0.2) is 72.7 Å². The van der Waals surface area contributed by atoms with Gasteiger partial charge in [-0.2, -0.15) is 0 Å². The Morgan fingerprint density at radius 1 is 1.14 bits per heavy atom. The normalized spacial score (nSPS) is 16.9. The summed E-state index contributed by atoms with van der Waals surface area (Å²) in [5.41, 5.74) is 2.88. The lowest BCUT2D eigenvalue weighted by atomic mass is 9.98. The van der Waals surface area contributed by atoms with Crippen LogP contribution in [0.2, 0.25) is 0 Å². The van der Waals surface area contributed by atoms with Crippen LogP contribution in [0.4, 0.5) is 0 Å². The SMILES string of the molecule is CN(CC(=O)O)CC1CN(C(=O)c2ccccc2Cc2ccccc2)CCO1. The Kier molecular flexibility index (Phi) is 6.79. The third kappa shape index (κ3) is 5.41. The van der Waals surface area contributed by atoms with E-state index in [1.54, 1.807) is 11.9 Å². The zero-order valence-electron chi connectivity index (χ0n) is 16.1. The molecule has 2 aromatic carbocycles. The summed E-state index contributed by atoms with van der Waals surface area (Å²) in [6.07, 6.45) is 0.515. The van der Waals surface area contributed by atoms with Gasteiger partial charge in [-0.05, 0) is 30.7 Å². The molecular weight excluding hydrogens is 356 g/mol. The van der Waals surface area contributed by atoms with E-state index in [1.807, 2.05) is 47.4 Å². The highest BCUT2D eigenvalue weighted by Crippen LogP contribution is 2.18. The Balaban J connectivity index is 1.69. The molecule has 0 radical (unpaired) electrons. The number of carbonyl (C=O) groups excluding carboxylic acids is 1. The van der Waals surface area contributed by atoms with Crippen molar-refractivity contribution < 1.29 is 19.4 Å². The molecule has 28 heavy (non-hydrogen) atoms. The number of benzene rings is 2. The molecule has 6 nitrogen and oxygen atoms in total. The molecule has 1 aliphatic rings. The van der Waals surface area contributed by atoms with Crippen molar-refractivity contribution in [3.8, 4) is 0 Å². The third-order valence-electron chi connectivity index (χ3n) is 4.83. The molecule has 1 aliphatic heterocycles. The van der Waals surface area contributed by atoms with Gasteiger partial charge in [0.1, 0.15) is 0 Å². The summed E-state index contributed by atoms with van der Waals surface area (Å²) in [6.45, 7) is 1.88. The number of hydrogen-bond acceptors (Lipinski definition) is 4. The second-order valence-corrected chi connectivity index (χ2v) is 7.15. The molecule has 0 saturated carbocycles. The van der Waals surface area contributed by atoms with Crippen molar-refractivity contribution in [2.45, 2.75) is 12.5 Å². The first-order valence-electron chi connectivity index (χ1n) is 9.46. The Bertz CT molecular complexity index is 809. The first-order valence-corrected chi connectivity index (χ1v) is 9.46. The van der Waals surface area contributed by atoms with Crippen LogP contribution >= 0.6 is 0 Å². The van der Waals surface area contributed by atoms with Gasteiger partial charge in [-0.15, -0.1) is 0 Å². The van der Waals surface area contributed by atoms with Crippen LogP contribution in [-0.2, 0) is 16.0 Å². The van der Waals surface area contributed by atoms with Gasteiger partial charge in [-0.1, -0.05) is 48.5 Å². The van der Waals surface area contributed by atoms with Crippen molar-refractivity contribution in [2.24, 2.45) is 0 Å². The minimum atomic E-state index is -0.874. The van der Waals surface area contributed by atoms with Gasteiger partial charge >= 0.3 is 5.97 Å². The van der Waals surface area contributed by atoms with Crippen molar-refractivity contribution in [3.63, 3.8) is 0 Å². The Morgan fingerprint density at radius 3 is 2.61 bits per heavy atom. The topological polar surface area (TPSA) is 70.1 Å². The largest absolute Gasteiger partial charge is 0.480 e. The van der Waals surface area contributed by atoms with Gasteiger partial charge in [0.2, 0.25) is 0 Å². The van der Waals surface area contributed by atoms with E-state index in [4.69, 9.17) is 9.84 Å². The number of aliphatic carboxylic acids is 1. The van der Waals surface area contributed by atoms with E-state index in [0.29, 0.717) is 38.2 Å². The number of morpholine rings is 1. The third-order valence-corrected chi connectivity index (χ3v) is 4.83. The van der Waals surface area contributed by atoms with E-state index in [9.17, 15) is 9.59 Å². The molecule has 2 aromatic rings. The number of amides is 1. The van der Waals surface area contributed by atoms with Crippen LogP contribution in [0.1, 0.15) is 21.5 Å². The van der Waals surface area contributed by atoms with Gasteiger partial charge in [0.15, 0.2) is 0 Å². The highest BCUT2D eigenvalue weighted by Gasteiger charge is 2.27. The van der Waals surface area contributed by atoms with Crippen LogP contribution in [0.15, 0.2) is 54.6 Å². The molecule has 1 unspecified atom stereocenters. The molecule has 1 saturated heterocycles. The molecule has 1 N–H and O–H groups in total. The smallest absolute Gasteiger partial charge is 0.317 e. The first kappa shape index (κ1) is 20.0. The maximum atomic E-state index is 13.2. The summed E-state index contributed by atoms with van der Waals surface area (Å²) in [7, 11) is 1.74. The summed E-state index contributed by atoms with van der Waals surface area (Å²) in [5.74, 6) is -0.873. The molecule has 0 aromatic heterocycles. The molecule has 0 aliphatic carbocycles. The van der Waals surface area contributed by atoms with Gasteiger partial charge in [-0.3, -0.25) is 14.5 Å². The number of ether oxygens (including phenoxy) is 1. The summed E-state index contributed by atoms with van der Waals surface area (Å²) in [4.78, 5) is 27.5. The quantitative estimate of drug-likeness (QED) is 0.795. The number of likely N-dealkylation sites (N-methyl/N-ethyl adjacent to an activating group) is 1. The Hall–Kier alpha value is -2.70. The predicted octanol–water partition coefficient (Wildman–Crippen LogP) is 2.13. The maximum Gasteiger partial charge on any atom is 0.317 e. The molecule has 3 rings (SSSR count). The number of nitrogens with zero attached hydrogens (tertiary/aromatic N) is 2. The summed E-state index contributed by atoms with van der Waals surface area (Å²) >= 11 is 0. The summed E-state index contributed by atoms with van der Waals surface area (Å²) in [5, 5.41) is 8.91. The van der Waals surface area contributed by atoms with Gasteiger partial charge in [0.25, 0.3) is 5.91 Å². The summed E-state index contributed by atoms with van der Waals surface area (Å²) in [6, 6.07) is 17.8. The lowest BCUT2D eigenvalue weighted by Crippen LogP contribution is -2.49. The van der Waals surface area contributed by atoms with Crippen LogP contribution in [0, 0.1) is 0 Å². The standard InChI is InChI=1S/C22H26N2O4/c1-23(16-21(25)26)14-19-15-24(11-12-28-19)22(27)20-10-6-5-9-18(20)13-17-7-3-2-4-8-17/h2-10,19H,11-16H2,1H3,(H,25,26). The van der Waals surface area contributed by atoms with Crippen molar-refractivity contribution >= 4 is 11.9 Å². The van der Waals surface area contributed by atoms with Gasteiger partial charge < -0.3 is 14.7 Å². The van der Waals surface area contributed by atoms with Crippen molar-refractivity contribution in [1.29, 1.82) is 0 Å². The van der Waals surface area contributed by atoms with Gasteiger partial charge in [-0.25, -0.2) is 0 Å². The van der Waals surface area contributed by atoms with E-state index in [0.717, 1.165) is 11.1 Å². The van der Waals surface area contributed by atoms with Crippen LogP contribution in [0.25, 0.3) is 0 Å². The van der Waals surface area contributed by atoms with Crippen LogP contribution in [0.3, 0.4) is 0 Å². The highest BCUT2D eigenvalue weighted by atomic mass is 16.5. The number of hydrogen-bond donors (Lipinski definition) is 1. The molecule has 0 spiro atoms. The van der Waals surface area contributed by atoms with Gasteiger partial charge in [0, 0.05) is 25.2 Å². The minimum Gasteiger partial charge on any atom is -0.480 e. The molecule has 1 amide bonds. The number of rotatable bonds is 7. The molecule has 1 atom stereocenters. The van der Waals surface area contributed by atoms with Gasteiger partial charge in [0.05, 0.1) is 19.3 Å². The number of carboxylic acids is 1. The molecule has 1 fully saturated rings. The molecule has 1 heterocycles. The van der Waals surface area contributed by atoms with E-state index in [-0.39, 0.29) is 18.6 Å². The van der Waals surface area contributed by atoms with Crippen LogP contribution < -0.4 is 0 Å². The molecule has 0 bridgehead atoms. The first-order chi connectivity index (χ1) is 13.5. The molecule has 148 valence electrons. The van der Waals surface area contributed by atoms with Crippen molar-refractivity contribution in [2.75, 3.05) is 39.8 Å². The zero-order valence-corrected chi connectivity index (χ0v) is 16.1. The highest BCUT2D eigenvalue weighted by molar-refractivity contribution is 5.96. The molecule has 6 heteroatoms. The fourth-order valence-electron chi connectivity index (χ4n) is 3.53. The maximum absolute atomic E-state index is 13.2. The Labute approximate surface area is 165 Å². The van der Waals surface area contributed by atoms with Crippen molar-refractivity contribution in [3.05, 3.63) is 71.3 Å². The zero-order chi connectivity index (χ0) is 19.9. The van der Waals surface area contributed by atoms with Crippen LogP contribution in [0.5, 0.6) is 0 Å².